The Labute approximate surface area is 157 Å². The van der Waals surface area contributed by atoms with E-state index < -0.39 is 5.97 Å². The summed E-state index contributed by atoms with van der Waals surface area (Å²) in [6.07, 6.45) is 1.68. The van der Waals surface area contributed by atoms with Crippen molar-refractivity contribution in [2.45, 2.75) is 46.6 Å². The molecule has 0 aromatic heterocycles. The zero-order valence-electron chi connectivity index (χ0n) is 17.1. The minimum atomic E-state index is -0.471. The first kappa shape index (κ1) is 22.0. The van der Waals surface area contributed by atoms with Crippen LogP contribution in [0.2, 0.25) is 0 Å². The highest BCUT2D eigenvalue weighted by molar-refractivity contribution is 6.03. The molecule has 1 unspecified atom stereocenters. The fourth-order valence-electron chi connectivity index (χ4n) is 2.91. The number of likely N-dealkylation sites (N-methyl/N-ethyl adjacent to an activating group) is 1. The lowest BCUT2D eigenvalue weighted by Gasteiger charge is -2.36. The second-order valence-corrected chi connectivity index (χ2v) is 6.98. The number of ether oxygens (including phenoxy) is 2. The number of methoxy groups -OCH3 is 1. The molecule has 6 heteroatoms. The molecule has 0 aliphatic heterocycles. The van der Waals surface area contributed by atoms with Crippen LogP contribution in [-0.4, -0.2) is 56.8 Å². The number of esters is 1. The minimum Gasteiger partial charge on any atom is -0.497 e. The highest BCUT2D eigenvalue weighted by Crippen LogP contribution is 2.28. The average Bonchev–Trinajstić information content (AvgIpc) is 2.60. The summed E-state index contributed by atoms with van der Waals surface area (Å²) in [5.41, 5.74) is 1.57. The lowest BCUT2D eigenvalue weighted by atomic mass is 10.0. The first-order valence-corrected chi connectivity index (χ1v) is 9.21. The summed E-state index contributed by atoms with van der Waals surface area (Å²) in [7, 11) is 5.64. The van der Waals surface area contributed by atoms with E-state index in [4.69, 9.17) is 9.47 Å². The molecule has 0 saturated carbocycles. The number of carbonyl (C=O) groups is 2. The molecule has 1 atom stereocenters. The number of carbonyl (C=O) groups excluding carboxylic acids is 2. The smallest absolute Gasteiger partial charge is 0.340 e. The van der Waals surface area contributed by atoms with Crippen molar-refractivity contribution in [3.63, 3.8) is 0 Å². The van der Waals surface area contributed by atoms with Crippen LogP contribution in [0.3, 0.4) is 0 Å². The number of nitrogens with one attached hydrogen (secondary N) is 1. The third-order valence-electron chi connectivity index (χ3n) is 4.81. The van der Waals surface area contributed by atoms with Crippen LogP contribution in [0.25, 0.3) is 0 Å². The van der Waals surface area contributed by atoms with Gasteiger partial charge in [0, 0.05) is 6.42 Å². The number of anilines is 1. The number of quaternary nitrogens is 1. The lowest BCUT2D eigenvalue weighted by molar-refractivity contribution is -0.904. The Bertz CT molecular complexity index is 641. The molecule has 0 bridgehead atoms. The van der Waals surface area contributed by atoms with Crippen LogP contribution >= 0.6 is 0 Å². The van der Waals surface area contributed by atoms with E-state index in [1.54, 1.807) is 26.2 Å². The van der Waals surface area contributed by atoms with Crippen molar-refractivity contribution in [3.05, 3.63) is 23.3 Å². The quantitative estimate of drug-likeness (QED) is 0.538. The van der Waals surface area contributed by atoms with Crippen molar-refractivity contribution in [2.75, 3.05) is 39.7 Å². The summed E-state index contributed by atoms with van der Waals surface area (Å²) in [4.78, 5) is 25.4. The van der Waals surface area contributed by atoms with Gasteiger partial charge in [0.25, 0.3) is 5.91 Å². The van der Waals surface area contributed by atoms with E-state index in [9.17, 15) is 9.59 Å². The number of nitrogens with zero attached hydrogens (tertiary/aromatic N) is 1. The Morgan fingerprint density at radius 3 is 2.35 bits per heavy atom. The molecule has 26 heavy (non-hydrogen) atoms. The topological polar surface area (TPSA) is 64.6 Å². The molecule has 0 radical (unpaired) electrons. The first-order chi connectivity index (χ1) is 12.2. The van der Waals surface area contributed by atoms with Gasteiger partial charge >= 0.3 is 5.97 Å². The van der Waals surface area contributed by atoms with E-state index in [0.29, 0.717) is 21.5 Å². The number of hydrogen-bond donors (Lipinski definition) is 1. The zero-order chi connectivity index (χ0) is 19.9. The Hall–Kier alpha value is -2.08. The van der Waals surface area contributed by atoms with E-state index >= 15 is 0 Å². The van der Waals surface area contributed by atoms with E-state index in [2.05, 4.69) is 19.2 Å². The van der Waals surface area contributed by atoms with Gasteiger partial charge in [-0.05, 0) is 44.9 Å². The number of aryl methyl sites for hydroxylation is 1. The molecule has 146 valence electrons. The van der Waals surface area contributed by atoms with Gasteiger partial charge in [0.2, 0.25) is 0 Å². The Balaban J connectivity index is 3.28. The number of rotatable bonds is 9. The van der Waals surface area contributed by atoms with Gasteiger partial charge in [-0.25, -0.2) is 4.79 Å². The molecule has 0 aliphatic carbocycles. The Morgan fingerprint density at radius 2 is 1.85 bits per heavy atom. The molecule has 0 heterocycles. The second-order valence-electron chi connectivity index (χ2n) is 6.98. The van der Waals surface area contributed by atoms with Crippen molar-refractivity contribution in [1.82, 2.24) is 0 Å². The van der Waals surface area contributed by atoms with Crippen molar-refractivity contribution in [3.8, 4) is 5.75 Å². The van der Waals surface area contributed by atoms with Crippen LogP contribution in [0.5, 0.6) is 5.75 Å². The molecule has 1 aromatic carbocycles. The van der Waals surface area contributed by atoms with Crippen LogP contribution in [0, 0.1) is 6.92 Å². The highest BCUT2D eigenvalue weighted by atomic mass is 16.5. The summed E-state index contributed by atoms with van der Waals surface area (Å²) in [6.45, 7) is 8.83. The zero-order valence-corrected chi connectivity index (χ0v) is 17.1. The maximum absolute atomic E-state index is 13.0. The maximum Gasteiger partial charge on any atom is 0.340 e. The third kappa shape index (κ3) is 5.21. The predicted octanol–water partition coefficient (Wildman–Crippen LogP) is 3.38. The van der Waals surface area contributed by atoms with Gasteiger partial charge in [0.1, 0.15) is 5.75 Å². The fraction of sp³-hybridized carbons (Fsp3) is 0.600. The van der Waals surface area contributed by atoms with Gasteiger partial charge in [0.15, 0.2) is 6.04 Å². The van der Waals surface area contributed by atoms with Gasteiger partial charge < -0.3 is 19.3 Å². The van der Waals surface area contributed by atoms with E-state index in [0.717, 1.165) is 24.9 Å². The molecule has 1 N–H and O–H groups in total. The van der Waals surface area contributed by atoms with Crippen molar-refractivity contribution in [1.29, 1.82) is 0 Å². The first-order valence-electron chi connectivity index (χ1n) is 9.21. The molecule has 1 rings (SSSR count). The number of amides is 1. The van der Waals surface area contributed by atoms with Gasteiger partial charge in [-0.2, -0.15) is 0 Å². The minimum absolute atomic E-state index is 0.0856. The molecule has 6 nitrogen and oxygen atoms in total. The molecular formula is C20H33N2O4+. The second kappa shape index (κ2) is 9.57. The number of hydrogen-bond acceptors (Lipinski definition) is 4. The van der Waals surface area contributed by atoms with Crippen molar-refractivity contribution < 1.29 is 23.5 Å². The van der Waals surface area contributed by atoms with Crippen LogP contribution in [0.15, 0.2) is 12.1 Å². The largest absolute Gasteiger partial charge is 0.497 e. The molecule has 1 amide bonds. The van der Waals surface area contributed by atoms with Gasteiger partial charge in [-0.15, -0.1) is 0 Å². The predicted molar refractivity (Wildman–Crippen MR) is 104 cm³/mol. The van der Waals surface area contributed by atoms with Crippen molar-refractivity contribution >= 4 is 17.6 Å². The molecule has 1 aromatic rings. The highest BCUT2D eigenvalue weighted by Gasteiger charge is 2.33. The van der Waals surface area contributed by atoms with Crippen LogP contribution in [0.1, 0.15) is 49.5 Å². The average molecular weight is 365 g/mol. The van der Waals surface area contributed by atoms with E-state index in [1.165, 1.54) is 0 Å². The van der Waals surface area contributed by atoms with Crippen LogP contribution in [0.4, 0.5) is 5.69 Å². The third-order valence-corrected chi connectivity index (χ3v) is 4.81. The Morgan fingerprint density at radius 1 is 1.19 bits per heavy atom. The van der Waals surface area contributed by atoms with E-state index in [1.807, 2.05) is 21.0 Å². The number of benzene rings is 1. The maximum atomic E-state index is 13.0. The summed E-state index contributed by atoms with van der Waals surface area (Å²) >= 11 is 0. The molecule has 0 fully saturated rings. The molecular weight excluding hydrogens is 332 g/mol. The van der Waals surface area contributed by atoms with E-state index in [-0.39, 0.29) is 18.6 Å². The summed E-state index contributed by atoms with van der Waals surface area (Å²) in [6, 6.07) is 3.21. The van der Waals surface area contributed by atoms with Crippen LogP contribution in [-0.2, 0) is 9.53 Å². The standard InChI is InChI=1S/C20H32N2O4/c1-8-11-17(22(5,6)9-2)19(23)21-18-14(4)12-15(25-7)13-16(18)20(24)26-10-3/h12-13,17H,8-11H2,1-7H3/p+1. The molecule has 0 aliphatic rings. The van der Waals surface area contributed by atoms with Gasteiger partial charge in [0.05, 0.1) is 45.6 Å². The monoisotopic (exact) mass is 365 g/mol. The normalized spacial score (nSPS) is 12.4. The van der Waals surface area contributed by atoms with Crippen molar-refractivity contribution in [2.24, 2.45) is 0 Å². The van der Waals surface area contributed by atoms with Gasteiger partial charge in [-0.3, -0.25) is 4.79 Å². The lowest BCUT2D eigenvalue weighted by Crippen LogP contribution is -2.54. The van der Waals surface area contributed by atoms with Gasteiger partial charge in [-0.1, -0.05) is 6.92 Å². The summed E-state index contributed by atoms with van der Waals surface area (Å²) in [5, 5.41) is 2.98. The molecule has 0 spiro atoms. The summed E-state index contributed by atoms with van der Waals surface area (Å²) < 4.78 is 11.0. The Kier molecular flexibility index (Phi) is 8.08. The molecule has 0 saturated heterocycles. The summed E-state index contributed by atoms with van der Waals surface area (Å²) in [5.74, 6) is -0.00284. The van der Waals surface area contributed by atoms with Crippen LogP contribution < -0.4 is 10.1 Å². The fourth-order valence-corrected chi connectivity index (χ4v) is 2.91. The SMILES string of the molecule is CCCC(C(=O)Nc1c(C)cc(OC)cc1C(=O)OCC)[N+](C)(C)CC.